The number of aromatic nitrogens is 1. The number of hydrogen-bond donors (Lipinski definition) is 1. The fraction of sp³-hybridized carbons (Fsp3) is 0.320. The summed E-state index contributed by atoms with van der Waals surface area (Å²) in [5.41, 5.74) is 5.86. The maximum Gasteiger partial charge on any atom is 0.125 e. The monoisotopic (exact) mass is 372 g/mol. The second-order valence-electron chi connectivity index (χ2n) is 7.46. The maximum absolute atomic E-state index is 6.03. The molecule has 3 heteroatoms. The van der Waals surface area contributed by atoms with Crippen LogP contribution < -0.4 is 10.1 Å². The summed E-state index contributed by atoms with van der Waals surface area (Å²) in [5, 5.41) is 3.32. The number of anilines is 1. The van der Waals surface area contributed by atoms with Gasteiger partial charge in [-0.05, 0) is 78.1 Å². The Morgan fingerprint density at radius 1 is 1.00 bits per heavy atom. The van der Waals surface area contributed by atoms with E-state index >= 15 is 0 Å². The van der Waals surface area contributed by atoms with Crippen LogP contribution in [-0.2, 0) is 12.8 Å². The zero-order valence-corrected chi connectivity index (χ0v) is 16.5. The molecule has 3 nitrogen and oxygen atoms in total. The van der Waals surface area contributed by atoms with E-state index in [1.54, 1.807) is 6.20 Å². The van der Waals surface area contributed by atoms with Crippen LogP contribution >= 0.6 is 0 Å². The molecule has 0 saturated carbocycles. The Morgan fingerprint density at radius 3 is 2.75 bits per heavy atom. The molecule has 0 spiro atoms. The number of pyridine rings is 1. The van der Waals surface area contributed by atoms with Crippen molar-refractivity contribution < 1.29 is 4.74 Å². The quantitative estimate of drug-likeness (QED) is 0.548. The Morgan fingerprint density at radius 2 is 1.89 bits per heavy atom. The Bertz CT molecular complexity index is 907. The summed E-state index contributed by atoms with van der Waals surface area (Å²) in [5.74, 6) is 2.50. The molecule has 0 aliphatic heterocycles. The lowest BCUT2D eigenvalue weighted by atomic mass is 9.89. The molecule has 1 unspecified atom stereocenters. The van der Waals surface area contributed by atoms with Crippen molar-refractivity contribution in [2.24, 2.45) is 0 Å². The first-order valence-electron chi connectivity index (χ1n) is 10.3. The van der Waals surface area contributed by atoms with E-state index in [2.05, 4.69) is 59.7 Å². The number of nitrogens with zero attached hydrogens (tertiary/aromatic N) is 1. The first-order chi connectivity index (χ1) is 13.8. The topological polar surface area (TPSA) is 34.1 Å². The molecule has 1 aliphatic rings. The van der Waals surface area contributed by atoms with Crippen molar-refractivity contribution >= 4 is 5.82 Å². The van der Waals surface area contributed by atoms with E-state index in [9.17, 15) is 0 Å². The summed E-state index contributed by atoms with van der Waals surface area (Å²) in [6.45, 7) is 3.85. The predicted octanol–water partition coefficient (Wildman–Crippen LogP) is 5.60. The van der Waals surface area contributed by atoms with Crippen LogP contribution in [0.15, 0.2) is 66.9 Å². The van der Waals surface area contributed by atoms with Gasteiger partial charge in [-0.2, -0.15) is 0 Å². The molecule has 0 fully saturated rings. The summed E-state index contributed by atoms with van der Waals surface area (Å²) < 4.78 is 6.03. The van der Waals surface area contributed by atoms with Crippen molar-refractivity contribution in [3.05, 3.63) is 89.1 Å². The Labute approximate surface area is 167 Å². The van der Waals surface area contributed by atoms with Gasteiger partial charge in [-0.3, -0.25) is 0 Å². The van der Waals surface area contributed by atoms with Gasteiger partial charge in [0.15, 0.2) is 0 Å². The third kappa shape index (κ3) is 4.36. The second-order valence-corrected chi connectivity index (χ2v) is 7.46. The fourth-order valence-corrected chi connectivity index (χ4v) is 4.04. The largest absolute Gasteiger partial charge is 0.494 e. The molecule has 2 aromatic carbocycles. The highest BCUT2D eigenvalue weighted by Gasteiger charge is 2.20. The molecule has 1 aliphatic carbocycles. The predicted molar refractivity (Wildman–Crippen MR) is 115 cm³/mol. The number of hydrogen-bond acceptors (Lipinski definition) is 3. The van der Waals surface area contributed by atoms with E-state index in [0.717, 1.165) is 37.4 Å². The molecule has 1 aromatic heterocycles. The SMILES string of the molecule is CCC1Cc2ccc(OCCCNc3ccccn3)cc2Cc2ccccc21. The summed E-state index contributed by atoms with van der Waals surface area (Å²) in [7, 11) is 0. The third-order valence-corrected chi connectivity index (χ3v) is 5.57. The molecule has 144 valence electrons. The number of rotatable bonds is 7. The zero-order chi connectivity index (χ0) is 19.2. The van der Waals surface area contributed by atoms with Crippen LogP contribution in [0, 0.1) is 0 Å². The smallest absolute Gasteiger partial charge is 0.125 e. The highest BCUT2D eigenvalue weighted by atomic mass is 16.5. The normalized spacial score (nSPS) is 15.2. The van der Waals surface area contributed by atoms with Crippen LogP contribution in [-0.4, -0.2) is 18.1 Å². The van der Waals surface area contributed by atoms with Gasteiger partial charge in [-0.25, -0.2) is 4.98 Å². The van der Waals surface area contributed by atoms with Gasteiger partial charge in [0.2, 0.25) is 0 Å². The van der Waals surface area contributed by atoms with Crippen LogP contribution in [0.5, 0.6) is 5.75 Å². The first kappa shape index (κ1) is 18.5. The molecule has 3 aromatic rings. The number of ether oxygens (including phenoxy) is 1. The number of benzene rings is 2. The van der Waals surface area contributed by atoms with Crippen molar-refractivity contribution in [1.29, 1.82) is 0 Å². The molecule has 0 amide bonds. The van der Waals surface area contributed by atoms with Crippen molar-refractivity contribution in [3.63, 3.8) is 0 Å². The maximum atomic E-state index is 6.03. The van der Waals surface area contributed by atoms with E-state index in [1.807, 2.05) is 18.2 Å². The average molecular weight is 373 g/mol. The Balaban J connectivity index is 1.37. The summed E-state index contributed by atoms with van der Waals surface area (Å²) >= 11 is 0. The lowest BCUT2D eigenvalue weighted by molar-refractivity contribution is 0.314. The van der Waals surface area contributed by atoms with Crippen LogP contribution in [0.1, 0.15) is 47.9 Å². The van der Waals surface area contributed by atoms with Crippen molar-refractivity contribution in [1.82, 2.24) is 4.98 Å². The lowest BCUT2D eigenvalue weighted by Gasteiger charge is -2.15. The summed E-state index contributed by atoms with van der Waals surface area (Å²) in [4.78, 5) is 4.27. The van der Waals surface area contributed by atoms with Crippen LogP contribution in [0.2, 0.25) is 0 Å². The number of nitrogens with one attached hydrogen (secondary N) is 1. The molecular formula is C25H28N2O. The average Bonchev–Trinajstić information content (AvgIpc) is 2.90. The molecule has 28 heavy (non-hydrogen) atoms. The van der Waals surface area contributed by atoms with Crippen LogP contribution in [0.4, 0.5) is 5.82 Å². The van der Waals surface area contributed by atoms with Crippen molar-refractivity contribution in [2.75, 3.05) is 18.5 Å². The van der Waals surface area contributed by atoms with E-state index in [0.29, 0.717) is 12.5 Å². The van der Waals surface area contributed by atoms with Gasteiger partial charge < -0.3 is 10.1 Å². The molecule has 1 atom stereocenters. The van der Waals surface area contributed by atoms with Gasteiger partial charge in [0.25, 0.3) is 0 Å². The fourth-order valence-electron chi connectivity index (χ4n) is 4.04. The van der Waals surface area contributed by atoms with Gasteiger partial charge in [0.1, 0.15) is 11.6 Å². The summed E-state index contributed by atoms with van der Waals surface area (Å²) in [6.07, 6.45) is 6.04. The Hall–Kier alpha value is -2.81. The molecule has 1 N–H and O–H groups in total. The van der Waals surface area contributed by atoms with Crippen LogP contribution in [0.25, 0.3) is 0 Å². The minimum absolute atomic E-state index is 0.613. The molecule has 0 radical (unpaired) electrons. The lowest BCUT2D eigenvalue weighted by Crippen LogP contribution is -2.08. The molecular weight excluding hydrogens is 344 g/mol. The minimum Gasteiger partial charge on any atom is -0.494 e. The summed E-state index contributed by atoms with van der Waals surface area (Å²) in [6, 6.07) is 21.5. The third-order valence-electron chi connectivity index (χ3n) is 5.57. The van der Waals surface area contributed by atoms with E-state index in [1.165, 1.54) is 28.7 Å². The highest BCUT2D eigenvalue weighted by molar-refractivity contribution is 5.45. The molecule has 4 rings (SSSR count). The van der Waals surface area contributed by atoms with E-state index in [4.69, 9.17) is 4.74 Å². The van der Waals surface area contributed by atoms with Gasteiger partial charge in [0.05, 0.1) is 6.61 Å². The van der Waals surface area contributed by atoms with Crippen LogP contribution in [0.3, 0.4) is 0 Å². The molecule has 1 heterocycles. The second kappa shape index (κ2) is 8.92. The number of fused-ring (bicyclic) bond motifs is 2. The van der Waals surface area contributed by atoms with E-state index in [-0.39, 0.29) is 0 Å². The van der Waals surface area contributed by atoms with Crippen molar-refractivity contribution in [3.8, 4) is 5.75 Å². The zero-order valence-electron chi connectivity index (χ0n) is 16.5. The van der Waals surface area contributed by atoms with Gasteiger partial charge in [-0.1, -0.05) is 43.3 Å². The van der Waals surface area contributed by atoms with Gasteiger partial charge in [0, 0.05) is 12.7 Å². The van der Waals surface area contributed by atoms with Gasteiger partial charge in [-0.15, -0.1) is 0 Å². The molecule has 0 saturated heterocycles. The van der Waals surface area contributed by atoms with Crippen molar-refractivity contribution in [2.45, 2.75) is 38.5 Å². The first-order valence-corrected chi connectivity index (χ1v) is 10.3. The van der Waals surface area contributed by atoms with E-state index < -0.39 is 0 Å². The Kier molecular flexibility index (Phi) is 5.91. The minimum atomic E-state index is 0.613. The standard InChI is InChI=1S/C25H28N2O/c1-2-19-16-20-11-12-23(18-22(20)17-21-8-3-4-9-24(19)21)28-15-7-14-27-25-10-5-6-13-26-25/h3-6,8-13,18-19H,2,7,14-17H2,1H3,(H,26,27). The highest BCUT2D eigenvalue weighted by Crippen LogP contribution is 2.35. The van der Waals surface area contributed by atoms with Gasteiger partial charge >= 0.3 is 0 Å². The molecule has 0 bridgehead atoms.